The summed E-state index contributed by atoms with van der Waals surface area (Å²) in [7, 11) is 3.38. The molecule has 3 aromatic rings. The highest BCUT2D eigenvalue weighted by atomic mass is 19.4. The first-order valence-corrected chi connectivity index (χ1v) is 18.8. The molecule has 9 nitrogen and oxygen atoms in total. The minimum absolute atomic E-state index is 0.119. The molecule has 0 saturated heterocycles. The highest BCUT2D eigenvalue weighted by Crippen LogP contribution is 2.46. The Morgan fingerprint density at radius 1 is 0.790 bits per heavy atom. The molecule has 340 valence electrons. The molecule has 4 atom stereocenters. The topological polar surface area (TPSA) is 92.8 Å². The van der Waals surface area contributed by atoms with Crippen molar-refractivity contribution in [1.29, 1.82) is 0 Å². The molecule has 62 heavy (non-hydrogen) atoms. The van der Waals surface area contributed by atoms with Gasteiger partial charge in [0.1, 0.15) is 17.0 Å². The molecule has 0 fully saturated rings. The summed E-state index contributed by atoms with van der Waals surface area (Å²) in [5, 5.41) is 0. The molecule has 1 aliphatic rings. The van der Waals surface area contributed by atoms with E-state index in [4.69, 9.17) is 28.4 Å². The Balaban J connectivity index is 2.02. The van der Waals surface area contributed by atoms with Crippen LogP contribution in [-0.2, 0) is 26.6 Å². The predicted molar refractivity (Wildman–Crippen MR) is 204 cm³/mol. The maximum absolute atomic E-state index is 15.0. The van der Waals surface area contributed by atoms with Crippen LogP contribution in [0, 0.1) is 5.82 Å². The van der Waals surface area contributed by atoms with Gasteiger partial charge in [0.2, 0.25) is 5.75 Å². The van der Waals surface area contributed by atoms with E-state index >= 15 is 0 Å². The van der Waals surface area contributed by atoms with E-state index in [2.05, 4.69) is 0 Å². The number of rotatable bonds is 12. The lowest BCUT2D eigenvalue weighted by Crippen LogP contribution is -2.55. The fraction of sp³-hybridized carbons (Fsp3) is 0.442. The number of halogens is 10. The van der Waals surface area contributed by atoms with Crippen molar-refractivity contribution in [2.24, 2.45) is 0 Å². The lowest BCUT2D eigenvalue weighted by molar-refractivity contribution is -0.143. The first-order valence-electron chi connectivity index (χ1n) is 18.8. The van der Waals surface area contributed by atoms with Crippen molar-refractivity contribution in [2.75, 3.05) is 27.9 Å². The Morgan fingerprint density at radius 3 is 1.82 bits per heavy atom. The average Bonchev–Trinajstić information content (AvgIpc) is 3.17. The van der Waals surface area contributed by atoms with Crippen LogP contribution in [0.25, 0.3) is 0 Å². The first kappa shape index (κ1) is 49.2. The van der Waals surface area contributed by atoms with Crippen LogP contribution in [-0.4, -0.2) is 68.4 Å². The van der Waals surface area contributed by atoms with Gasteiger partial charge in [-0.15, -0.1) is 0 Å². The van der Waals surface area contributed by atoms with E-state index in [1.807, 2.05) is 0 Å². The predicted octanol–water partition coefficient (Wildman–Crippen LogP) is 12.1. The Kier molecular flexibility index (Phi) is 14.7. The molecule has 0 spiro atoms. The monoisotopic (exact) mass is 893 g/mol. The van der Waals surface area contributed by atoms with Crippen molar-refractivity contribution >= 4 is 12.2 Å². The third kappa shape index (κ3) is 11.5. The second kappa shape index (κ2) is 18.5. The van der Waals surface area contributed by atoms with Crippen LogP contribution in [0.15, 0.2) is 78.4 Å². The van der Waals surface area contributed by atoms with Gasteiger partial charge in [-0.3, -0.25) is 4.90 Å². The molecular formula is C43H45F10NO8. The number of carbonyl (C=O) groups is 2. The number of hydrogen-bond donors (Lipinski definition) is 0. The number of allylic oxidation sites excluding steroid dienone is 2. The van der Waals surface area contributed by atoms with Gasteiger partial charge in [0.15, 0.2) is 17.6 Å². The Labute approximate surface area is 351 Å². The van der Waals surface area contributed by atoms with Crippen LogP contribution in [0.2, 0.25) is 0 Å². The van der Waals surface area contributed by atoms with Gasteiger partial charge in [-0.1, -0.05) is 44.2 Å². The van der Waals surface area contributed by atoms with Crippen LogP contribution in [0.4, 0.5) is 53.5 Å². The molecule has 0 N–H and O–H groups in total. The highest BCUT2D eigenvalue weighted by molar-refractivity contribution is 5.70. The number of carbonyl (C=O) groups excluding carboxylic acids is 2. The SMILES string of the molecule is COc1cccc(OC)c1OC(=O)O[C@H](c1cc(C(F)(F)F)cc(C(F)(F)F)c1)[C@H](C)N(CC1(OC)C=C(C(F)(F)F)C=CC1c1ccc(F)c(C(C)C)c1)C(=O)OC(C)(C)C. The maximum Gasteiger partial charge on any atom is 0.514 e. The second-order valence-electron chi connectivity index (χ2n) is 15.6. The minimum Gasteiger partial charge on any atom is -0.493 e. The maximum atomic E-state index is 15.0. The van der Waals surface area contributed by atoms with Gasteiger partial charge in [0.25, 0.3) is 0 Å². The zero-order valence-corrected chi connectivity index (χ0v) is 34.9. The number of amides is 1. The number of hydrogen-bond acceptors (Lipinski definition) is 8. The highest BCUT2D eigenvalue weighted by Gasteiger charge is 2.49. The van der Waals surface area contributed by atoms with Crippen LogP contribution >= 0.6 is 0 Å². The van der Waals surface area contributed by atoms with Gasteiger partial charge in [0, 0.05) is 13.0 Å². The molecule has 19 heteroatoms. The summed E-state index contributed by atoms with van der Waals surface area (Å²) in [6.07, 6.45) is -18.7. The molecule has 0 bridgehead atoms. The normalized spacial score (nSPS) is 18.1. The molecule has 0 aliphatic heterocycles. The van der Waals surface area contributed by atoms with E-state index in [1.165, 1.54) is 65.3 Å². The number of ether oxygens (including phenoxy) is 6. The van der Waals surface area contributed by atoms with Crippen molar-refractivity contribution in [3.63, 3.8) is 0 Å². The van der Waals surface area contributed by atoms with Crippen molar-refractivity contribution < 1.29 is 81.9 Å². The summed E-state index contributed by atoms with van der Waals surface area (Å²) < 4.78 is 177. The third-order valence-corrected chi connectivity index (χ3v) is 9.81. The fourth-order valence-corrected chi connectivity index (χ4v) is 6.77. The van der Waals surface area contributed by atoms with Crippen molar-refractivity contribution in [3.8, 4) is 17.2 Å². The van der Waals surface area contributed by atoms with Crippen LogP contribution < -0.4 is 14.2 Å². The van der Waals surface area contributed by atoms with Crippen molar-refractivity contribution in [1.82, 2.24) is 4.90 Å². The smallest absolute Gasteiger partial charge is 0.493 e. The number of methoxy groups -OCH3 is 3. The third-order valence-electron chi connectivity index (χ3n) is 9.81. The lowest BCUT2D eigenvalue weighted by Gasteiger charge is -2.45. The van der Waals surface area contributed by atoms with Crippen LogP contribution in [0.1, 0.15) is 87.3 Å². The second-order valence-corrected chi connectivity index (χ2v) is 15.6. The van der Waals surface area contributed by atoms with Gasteiger partial charge in [-0.25, -0.2) is 14.0 Å². The molecule has 2 unspecified atom stereocenters. The van der Waals surface area contributed by atoms with E-state index in [1.54, 1.807) is 13.8 Å². The lowest BCUT2D eigenvalue weighted by atomic mass is 9.75. The molecule has 3 aromatic carbocycles. The van der Waals surface area contributed by atoms with E-state index in [9.17, 15) is 53.5 Å². The van der Waals surface area contributed by atoms with Gasteiger partial charge in [-0.05, 0) is 92.8 Å². The largest absolute Gasteiger partial charge is 0.514 e. The fourth-order valence-electron chi connectivity index (χ4n) is 6.77. The van der Waals surface area contributed by atoms with E-state index in [-0.39, 0.29) is 40.8 Å². The standard InChI is InChI=1S/C43H45F10NO8/c1-23(2)30-19-25(13-16-32(30)44)31-15-14-27(41(45,46)47)21-40(31,59-9)22-54(37(55)62-39(4,5)6)24(3)35(26-17-28(42(48,49)50)20-29(18-26)43(51,52)53)60-38(56)61-36-33(57-7)11-10-12-34(36)58-8/h10-21,23-24,31,35H,22H2,1-9H3/t24-,31?,35-,40?/m0/s1. The number of alkyl halides is 9. The van der Waals surface area contributed by atoms with E-state index in [0.29, 0.717) is 11.0 Å². The van der Waals surface area contributed by atoms with Gasteiger partial charge >= 0.3 is 30.8 Å². The van der Waals surface area contributed by atoms with Crippen LogP contribution in [0.3, 0.4) is 0 Å². The van der Waals surface area contributed by atoms with Gasteiger partial charge < -0.3 is 28.4 Å². The van der Waals surface area contributed by atoms with Crippen molar-refractivity contribution in [3.05, 3.63) is 112 Å². The molecule has 0 aromatic heterocycles. The summed E-state index contributed by atoms with van der Waals surface area (Å²) in [4.78, 5) is 28.7. The minimum atomic E-state index is -5.40. The summed E-state index contributed by atoms with van der Waals surface area (Å²) in [5.74, 6) is -2.96. The zero-order chi connectivity index (χ0) is 46.7. The zero-order valence-electron chi connectivity index (χ0n) is 34.9. The van der Waals surface area contributed by atoms with Crippen LogP contribution in [0.5, 0.6) is 17.2 Å². The van der Waals surface area contributed by atoms with Gasteiger partial charge in [-0.2, -0.15) is 39.5 Å². The average molecular weight is 894 g/mol. The Morgan fingerprint density at radius 2 is 1.35 bits per heavy atom. The van der Waals surface area contributed by atoms with Crippen molar-refractivity contribution in [2.45, 2.75) is 95.3 Å². The number of para-hydroxylation sites is 1. The van der Waals surface area contributed by atoms with Gasteiger partial charge in [0.05, 0.1) is 43.5 Å². The quantitative estimate of drug-likeness (QED) is 0.101. The number of benzene rings is 3. The Hall–Kier alpha value is -5.46. The summed E-state index contributed by atoms with van der Waals surface area (Å²) in [6, 6.07) is 6.30. The van der Waals surface area contributed by atoms with E-state index in [0.717, 1.165) is 32.3 Å². The van der Waals surface area contributed by atoms with E-state index < -0.39 is 106 Å². The molecule has 0 heterocycles. The molecule has 1 amide bonds. The summed E-state index contributed by atoms with van der Waals surface area (Å²) in [6.45, 7) is 7.64. The Bertz CT molecular complexity index is 2100. The molecular weight excluding hydrogens is 848 g/mol. The summed E-state index contributed by atoms with van der Waals surface area (Å²) >= 11 is 0. The summed E-state index contributed by atoms with van der Waals surface area (Å²) in [5.41, 5.74) is -9.14. The molecule has 0 radical (unpaired) electrons. The molecule has 4 rings (SSSR count). The molecule has 1 aliphatic carbocycles. The first-order chi connectivity index (χ1) is 28.5. The number of nitrogens with zero attached hydrogens (tertiary/aromatic N) is 1. The molecule has 0 saturated carbocycles.